The molecule has 1 nitrogen and oxygen atoms in total. The maximum atomic E-state index is 12.4. The summed E-state index contributed by atoms with van der Waals surface area (Å²) in [6.07, 6.45) is 0. The van der Waals surface area contributed by atoms with Gasteiger partial charge in [-0.25, -0.2) is 0 Å². The van der Waals surface area contributed by atoms with Crippen molar-refractivity contribution >= 4 is 10.8 Å². The van der Waals surface area contributed by atoms with Crippen LogP contribution in [0.15, 0.2) is 36.4 Å². The Kier molecular flexibility index (Phi) is 4.77. The van der Waals surface area contributed by atoms with Crippen LogP contribution in [0.3, 0.4) is 0 Å². The second-order valence-corrected chi connectivity index (χ2v) is 7.11. The van der Waals surface area contributed by atoms with Gasteiger partial charge in [-0.2, -0.15) is 0 Å². The lowest BCUT2D eigenvalue weighted by molar-refractivity contribution is 0.682. The number of aryl methyl sites for hydroxylation is 4. The lowest BCUT2D eigenvalue weighted by Gasteiger charge is -2.08. The Bertz CT molecular complexity index is 624. The van der Waals surface area contributed by atoms with Crippen molar-refractivity contribution in [2.24, 2.45) is 0 Å². The van der Waals surface area contributed by atoms with Crippen LogP contribution in [-0.4, -0.2) is 4.21 Å². The highest BCUT2D eigenvalue weighted by atomic mass is 32.2. The quantitative estimate of drug-likeness (QED) is 0.815. The first-order valence-electron chi connectivity index (χ1n) is 6.92. The maximum absolute atomic E-state index is 12.4. The molecule has 2 aromatic rings. The van der Waals surface area contributed by atoms with Crippen molar-refractivity contribution in [2.75, 3.05) is 0 Å². The third-order valence-electron chi connectivity index (χ3n) is 3.43. The van der Waals surface area contributed by atoms with E-state index >= 15 is 0 Å². The SMILES string of the molecule is Cc1cc(C)cc(CS(=O)Cc2cc(C)ccc2C)c1. The third kappa shape index (κ3) is 4.04. The van der Waals surface area contributed by atoms with E-state index in [0.29, 0.717) is 11.5 Å². The zero-order chi connectivity index (χ0) is 14.7. The van der Waals surface area contributed by atoms with Gasteiger partial charge in [-0.3, -0.25) is 4.21 Å². The predicted octanol–water partition coefficient (Wildman–Crippen LogP) is 4.37. The Balaban J connectivity index is 2.11. The van der Waals surface area contributed by atoms with Gasteiger partial charge in [0.05, 0.1) is 0 Å². The first-order chi connectivity index (χ1) is 9.44. The van der Waals surface area contributed by atoms with Crippen LogP contribution in [0.25, 0.3) is 0 Å². The van der Waals surface area contributed by atoms with E-state index in [4.69, 9.17) is 0 Å². The predicted molar refractivity (Wildman–Crippen MR) is 87.4 cm³/mol. The lowest BCUT2D eigenvalue weighted by Crippen LogP contribution is -2.02. The molecule has 0 aromatic heterocycles. The Morgan fingerprint density at radius 2 is 1.45 bits per heavy atom. The smallest absolute Gasteiger partial charge is 0.0491 e. The number of rotatable bonds is 4. The van der Waals surface area contributed by atoms with Gasteiger partial charge < -0.3 is 0 Å². The Morgan fingerprint density at radius 1 is 0.800 bits per heavy atom. The minimum Gasteiger partial charge on any atom is -0.259 e. The van der Waals surface area contributed by atoms with E-state index in [-0.39, 0.29) is 0 Å². The maximum Gasteiger partial charge on any atom is 0.0491 e. The molecule has 0 aliphatic rings. The van der Waals surface area contributed by atoms with Crippen molar-refractivity contribution in [3.8, 4) is 0 Å². The largest absolute Gasteiger partial charge is 0.259 e. The van der Waals surface area contributed by atoms with E-state index in [2.05, 4.69) is 64.1 Å². The van der Waals surface area contributed by atoms with E-state index in [0.717, 1.165) is 0 Å². The molecule has 0 bridgehead atoms. The van der Waals surface area contributed by atoms with Gasteiger partial charge in [0.1, 0.15) is 0 Å². The van der Waals surface area contributed by atoms with Crippen LogP contribution in [-0.2, 0) is 22.3 Å². The van der Waals surface area contributed by atoms with Crippen LogP contribution in [0.1, 0.15) is 33.4 Å². The average molecular weight is 286 g/mol. The molecule has 0 saturated carbocycles. The summed E-state index contributed by atoms with van der Waals surface area (Å²) < 4.78 is 12.4. The highest BCUT2D eigenvalue weighted by Gasteiger charge is 2.07. The van der Waals surface area contributed by atoms with Crippen molar-refractivity contribution < 1.29 is 4.21 Å². The molecule has 2 heteroatoms. The summed E-state index contributed by atoms with van der Waals surface area (Å²) in [5, 5.41) is 0. The summed E-state index contributed by atoms with van der Waals surface area (Å²) >= 11 is 0. The van der Waals surface area contributed by atoms with Crippen molar-refractivity contribution in [2.45, 2.75) is 39.2 Å². The highest BCUT2D eigenvalue weighted by Crippen LogP contribution is 2.16. The van der Waals surface area contributed by atoms with Crippen LogP contribution < -0.4 is 0 Å². The second-order valence-electron chi connectivity index (χ2n) is 5.65. The molecule has 1 atom stereocenters. The number of hydrogen-bond donors (Lipinski definition) is 0. The molecule has 0 N–H and O–H groups in total. The summed E-state index contributed by atoms with van der Waals surface area (Å²) in [6, 6.07) is 12.8. The van der Waals surface area contributed by atoms with Crippen molar-refractivity contribution in [1.29, 1.82) is 0 Å². The van der Waals surface area contributed by atoms with Gasteiger partial charge in [0.2, 0.25) is 0 Å². The zero-order valence-electron chi connectivity index (χ0n) is 12.7. The summed E-state index contributed by atoms with van der Waals surface area (Å²) in [7, 11) is -0.857. The monoisotopic (exact) mass is 286 g/mol. The van der Waals surface area contributed by atoms with Gasteiger partial charge in [-0.05, 0) is 44.4 Å². The Morgan fingerprint density at radius 3 is 2.10 bits per heavy atom. The topological polar surface area (TPSA) is 17.1 Å². The summed E-state index contributed by atoms with van der Waals surface area (Å²) in [5.41, 5.74) is 7.31. The van der Waals surface area contributed by atoms with Gasteiger partial charge in [0.15, 0.2) is 0 Å². The lowest BCUT2D eigenvalue weighted by atomic mass is 10.1. The molecule has 0 fully saturated rings. The number of benzene rings is 2. The molecule has 2 rings (SSSR count). The molecular formula is C18H22OS. The third-order valence-corrected chi connectivity index (χ3v) is 4.72. The van der Waals surface area contributed by atoms with E-state index in [1.54, 1.807) is 0 Å². The van der Waals surface area contributed by atoms with E-state index in [9.17, 15) is 4.21 Å². The first-order valence-corrected chi connectivity index (χ1v) is 8.41. The molecule has 0 heterocycles. The van der Waals surface area contributed by atoms with Crippen molar-refractivity contribution in [3.63, 3.8) is 0 Å². The second kappa shape index (κ2) is 6.36. The standard InChI is InChI=1S/C18H22OS/c1-13-5-6-16(4)18(10-13)12-20(19)11-17-8-14(2)7-15(3)9-17/h5-10H,11-12H2,1-4H3. The first kappa shape index (κ1) is 15.0. The van der Waals surface area contributed by atoms with Crippen LogP contribution in [0.4, 0.5) is 0 Å². The van der Waals surface area contributed by atoms with Crippen molar-refractivity contribution in [1.82, 2.24) is 0 Å². The summed E-state index contributed by atoms with van der Waals surface area (Å²) in [6.45, 7) is 8.34. The molecule has 0 radical (unpaired) electrons. The molecule has 0 aliphatic carbocycles. The molecule has 0 aliphatic heterocycles. The minimum absolute atomic E-state index is 0.635. The summed E-state index contributed by atoms with van der Waals surface area (Å²) in [4.78, 5) is 0. The molecule has 106 valence electrons. The molecule has 20 heavy (non-hydrogen) atoms. The average Bonchev–Trinajstić information content (AvgIpc) is 2.32. The van der Waals surface area contributed by atoms with Crippen molar-refractivity contribution in [3.05, 3.63) is 69.8 Å². The van der Waals surface area contributed by atoms with Gasteiger partial charge >= 0.3 is 0 Å². The normalized spacial score (nSPS) is 12.4. The summed E-state index contributed by atoms with van der Waals surface area (Å²) in [5.74, 6) is 1.27. The van der Waals surface area contributed by atoms with Gasteiger partial charge in [-0.15, -0.1) is 0 Å². The van der Waals surface area contributed by atoms with E-state index in [1.807, 2.05) is 0 Å². The molecule has 0 spiro atoms. The van der Waals surface area contributed by atoms with Crippen LogP contribution in [0.2, 0.25) is 0 Å². The Hall–Kier alpha value is -1.41. The van der Waals surface area contributed by atoms with Crippen LogP contribution >= 0.6 is 0 Å². The molecular weight excluding hydrogens is 264 g/mol. The van der Waals surface area contributed by atoms with Gasteiger partial charge in [0, 0.05) is 22.3 Å². The molecule has 0 saturated heterocycles. The van der Waals surface area contributed by atoms with Gasteiger partial charge in [0.25, 0.3) is 0 Å². The van der Waals surface area contributed by atoms with Crippen LogP contribution in [0, 0.1) is 27.7 Å². The van der Waals surface area contributed by atoms with Gasteiger partial charge in [-0.1, -0.05) is 53.1 Å². The number of hydrogen-bond acceptors (Lipinski definition) is 1. The Labute approximate surface area is 124 Å². The van der Waals surface area contributed by atoms with E-state index in [1.165, 1.54) is 33.4 Å². The molecule has 0 amide bonds. The fourth-order valence-electron chi connectivity index (χ4n) is 2.52. The molecule has 1 unspecified atom stereocenters. The molecule has 2 aromatic carbocycles. The van der Waals surface area contributed by atoms with E-state index < -0.39 is 10.8 Å². The highest BCUT2D eigenvalue weighted by molar-refractivity contribution is 7.83. The fraction of sp³-hybridized carbons (Fsp3) is 0.333. The van der Waals surface area contributed by atoms with Crippen LogP contribution in [0.5, 0.6) is 0 Å². The zero-order valence-corrected chi connectivity index (χ0v) is 13.5. The minimum atomic E-state index is -0.857. The fourth-order valence-corrected chi connectivity index (χ4v) is 3.82.